The summed E-state index contributed by atoms with van der Waals surface area (Å²) in [5.41, 5.74) is 2.44. The van der Waals surface area contributed by atoms with Crippen LogP contribution in [0.2, 0.25) is 0 Å². The highest BCUT2D eigenvalue weighted by molar-refractivity contribution is 5.96. The van der Waals surface area contributed by atoms with Crippen LogP contribution in [-0.4, -0.2) is 38.0 Å². The molecule has 0 aliphatic carbocycles. The summed E-state index contributed by atoms with van der Waals surface area (Å²) >= 11 is 0. The molecule has 0 unspecified atom stereocenters. The Balaban J connectivity index is 1.69. The zero-order valence-corrected chi connectivity index (χ0v) is 17.8. The number of ether oxygens (including phenoxy) is 2. The average Bonchev–Trinajstić information content (AvgIpc) is 2.74. The third-order valence-electron chi connectivity index (χ3n) is 4.42. The van der Waals surface area contributed by atoms with Crippen LogP contribution < -0.4 is 15.4 Å². The fourth-order valence-corrected chi connectivity index (χ4v) is 2.57. The first kappa shape index (κ1) is 22.9. The highest BCUT2D eigenvalue weighted by Crippen LogP contribution is 2.22. The van der Waals surface area contributed by atoms with E-state index in [0.717, 1.165) is 16.9 Å². The first-order valence-corrected chi connectivity index (χ1v) is 9.63. The lowest BCUT2D eigenvalue weighted by Crippen LogP contribution is -2.33. The summed E-state index contributed by atoms with van der Waals surface area (Å²) in [6.45, 7) is 5.85. The van der Waals surface area contributed by atoms with E-state index in [2.05, 4.69) is 31.4 Å². The SMILES string of the molecule is COc1ccc(CNC(=O)COC(=O)CNC(=O)c2ccc(C(C)(C)C)cc2)cc1. The molecule has 0 aliphatic heterocycles. The predicted octanol–water partition coefficient (Wildman–Crippen LogP) is 2.58. The molecule has 0 aliphatic rings. The molecule has 2 amide bonds. The quantitative estimate of drug-likeness (QED) is 0.650. The van der Waals surface area contributed by atoms with Crippen molar-refractivity contribution in [2.45, 2.75) is 32.7 Å². The van der Waals surface area contributed by atoms with E-state index in [1.165, 1.54) is 0 Å². The third-order valence-corrected chi connectivity index (χ3v) is 4.42. The van der Waals surface area contributed by atoms with Crippen molar-refractivity contribution in [1.82, 2.24) is 10.6 Å². The Bertz CT molecular complexity index is 868. The number of hydrogen-bond donors (Lipinski definition) is 2. The van der Waals surface area contributed by atoms with Gasteiger partial charge in [-0.25, -0.2) is 0 Å². The smallest absolute Gasteiger partial charge is 0.325 e. The van der Waals surface area contributed by atoms with E-state index >= 15 is 0 Å². The van der Waals surface area contributed by atoms with Crippen molar-refractivity contribution in [1.29, 1.82) is 0 Å². The van der Waals surface area contributed by atoms with Crippen LogP contribution in [0.4, 0.5) is 0 Å². The maximum atomic E-state index is 12.1. The van der Waals surface area contributed by atoms with E-state index in [0.29, 0.717) is 12.1 Å². The zero-order chi connectivity index (χ0) is 22.1. The Morgan fingerprint density at radius 1 is 0.900 bits per heavy atom. The van der Waals surface area contributed by atoms with Gasteiger partial charge in [-0.1, -0.05) is 45.0 Å². The number of methoxy groups -OCH3 is 1. The Morgan fingerprint density at radius 3 is 2.10 bits per heavy atom. The second kappa shape index (κ2) is 10.4. The molecule has 0 saturated carbocycles. The molecule has 2 aromatic carbocycles. The van der Waals surface area contributed by atoms with Gasteiger partial charge in [-0.15, -0.1) is 0 Å². The van der Waals surface area contributed by atoms with Crippen molar-refractivity contribution < 1.29 is 23.9 Å². The lowest BCUT2D eigenvalue weighted by atomic mass is 9.87. The van der Waals surface area contributed by atoms with Crippen molar-refractivity contribution in [2.75, 3.05) is 20.3 Å². The molecule has 2 aromatic rings. The van der Waals surface area contributed by atoms with E-state index in [9.17, 15) is 14.4 Å². The zero-order valence-electron chi connectivity index (χ0n) is 17.8. The van der Waals surface area contributed by atoms with Gasteiger partial charge in [0.25, 0.3) is 11.8 Å². The van der Waals surface area contributed by atoms with Crippen molar-refractivity contribution in [3.8, 4) is 5.75 Å². The van der Waals surface area contributed by atoms with Crippen molar-refractivity contribution in [2.24, 2.45) is 0 Å². The molecule has 0 aromatic heterocycles. The van der Waals surface area contributed by atoms with Crippen LogP contribution in [0.15, 0.2) is 48.5 Å². The summed E-state index contributed by atoms with van der Waals surface area (Å²) < 4.78 is 9.96. The Labute approximate surface area is 176 Å². The van der Waals surface area contributed by atoms with Crippen LogP contribution in [0.25, 0.3) is 0 Å². The van der Waals surface area contributed by atoms with Crippen LogP contribution in [-0.2, 0) is 26.3 Å². The largest absolute Gasteiger partial charge is 0.497 e. The normalized spacial score (nSPS) is 10.8. The maximum Gasteiger partial charge on any atom is 0.325 e. The van der Waals surface area contributed by atoms with Crippen molar-refractivity contribution in [3.05, 3.63) is 65.2 Å². The molecule has 0 fully saturated rings. The van der Waals surface area contributed by atoms with Crippen LogP contribution >= 0.6 is 0 Å². The van der Waals surface area contributed by atoms with Crippen LogP contribution in [0, 0.1) is 0 Å². The number of carbonyl (C=O) groups excluding carboxylic acids is 3. The molecule has 0 heterocycles. The number of esters is 1. The van der Waals surface area contributed by atoms with Crippen molar-refractivity contribution >= 4 is 17.8 Å². The number of rotatable bonds is 8. The molecule has 7 nitrogen and oxygen atoms in total. The predicted molar refractivity (Wildman–Crippen MR) is 113 cm³/mol. The number of benzene rings is 2. The van der Waals surface area contributed by atoms with E-state index in [4.69, 9.17) is 9.47 Å². The molecular formula is C23H28N2O5. The van der Waals surface area contributed by atoms with Gasteiger partial charge in [0, 0.05) is 12.1 Å². The minimum absolute atomic E-state index is 0.00718. The molecule has 0 bridgehead atoms. The summed E-state index contributed by atoms with van der Waals surface area (Å²) in [4.78, 5) is 35.7. The van der Waals surface area contributed by atoms with Crippen molar-refractivity contribution in [3.63, 3.8) is 0 Å². The van der Waals surface area contributed by atoms with E-state index in [1.807, 2.05) is 24.3 Å². The fourth-order valence-electron chi connectivity index (χ4n) is 2.57. The maximum absolute atomic E-state index is 12.1. The summed E-state index contributed by atoms with van der Waals surface area (Å²) in [5.74, 6) is -0.764. The third kappa shape index (κ3) is 7.24. The van der Waals surface area contributed by atoms with Gasteiger partial charge in [-0.3, -0.25) is 14.4 Å². The van der Waals surface area contributed by atoms with Gasteiger partial charge in [0.2, 0.25) is 0 Å². The number of hydrogen-bond acceptors (Lipinski definition) is 5. The highest BCUT2D eigenvalue weighted by Gasteiger charge is 2.15. The van der Waals surface area contributed by atoms with E-state index in [-0.39, 0.29) is 17.9 Å². The minimum Gasteiger partial charge on any atom is -0.497 e. The van der Waals surface area contributed by atoms with Gasteiger partial charge < -0.3 is 20.1 Å². The van der Waals surface area contributed by atoms with Crippen LogP contribution in [0.3, 0.4) is 0 Å². The highest BCUT2D eigenvalue weighted by atomic mass is 16.5. The Kier molecular flexibility index (Phi) is 7.98. The lowest BCUT2D eigenvalue weighted by Gasteiger charge is -2.19. The average molecular weight is 412 g/mol. The topological polar surface area (TPSA) is 93.7 Å². The molecule has 30 heavy (non-hydrogen) atoms. The lowest BCUT2D eigenvalue weighted by molar-refractivity contribution is -0.147. The molecule has 2 rings (SSSR count). The molecule has 0 spiro atoms. The molecule has 0 radical (unpaired) electrons. The number of nitrogens with one attached hydrogen (secondary N) is 2. The monoisotopic (exact) mass is 412 g/mol. The number of amides is 2. The summed E-state index contributed by atoms with van der Waals surface area (Å²) in [6, 6.07) is 14.5. The standard InChI is InChI=1S/C23H28N2O5/c1-23(2,3)18-9-7-17(8-10-18)22(28)25-14-21(27)30-15-20(26)24-13-16-5-11-19(29-4)12-6-16/h5-12H,13-15H2,1-4H3,(H,24,26)(H,25,28). The Morgan fingerprint density at radius 2 is 1.53 bits per heavy atom. The van der Waals surface area contributed by atoms with Gasteiger partial charge in [-0.2, -0.15) is 0 Å². The second-order valence-electron chi connectivity index (χ2n) is 7.80. The fraction of sp³-hybridized carbons (Fsp3) is 0.348. The van der Waals surface area contributed by atoms with Crippen LogP contribution in [0.1, 0.15) is 42.3 Å². The Hall–Kier alpha value is -3.35. The summed E-state index contributed by atoms with van der Waals surface area (Å²) in [6.07, 6.45) is 0. The van der Waals surface area contributed by atoms with Crippen LogP contribution in [0.5, 0.6) is 5.75 Å². The van der Waals surface area contributed by atoms with E-state index in [1.54, 1.807) is 31.4 Å². The van der Waals surface area contributed by atoms with Gasteiger partial charge >= 0.3 is 5.97 Å². The van der Waals surface area contributed by atoms with Gasteiger partial charge in [0.05, 0.1) is 7.11 Å². The molecule has 160 valence electrons. The number of carbonyl (C=O) groups is 3. The summed E-state index contributed by atoms with van der Waals surface area (Å²) in [5, 5.41) is 5.15. The molecule has 2 N–H and O–H groups in total. The minimum atomic E-state index is -0.686. The van der Waals surface area contributed by atoms with Gasteiger partial charge in [0.1, 0.15) is 12.3 Å². The molecule has 0 atom stereocenters. The second-order valence-corrected chi connectivity index (χ2v) is 7.80. The van der Waals surface area contributed by atoms with Gasteiger partial charge in [-0.05, 0) is 40.8 Å². The molecular weight excluding hydrogens is 384 g/mol. The first-order chi connectivity index (χ1) is 14.2. The first-order valence-electron chi connectivity index (χ1n) is 9.63. The van der Waals surface area contributed by atoms with Gasteiger partial charge in [0.15, 0.2) is 6.61 Å². The molecule has 7 heteroatoms. The van der Waals surface area contributed by atoms with E-state index < -0.39 is 18.5 Å². The summed E-state index contributed by atoms with van der Waals surface area (Å²) in [7, 11) is 1.58. The molecule has 0 saturated heterocycles.